The summed E-state index contributed by atoms with van der Waals surface area (Å²) in [6.07, 6.45) is 0. The smallest absolute Gasteiger partial charge is 0.258 e. The summed E-state index contributed by atoms with van der Waals surface area (Å²) in [5.41, 5.74) is 6.27. The standard InChI is InChI=1S/C13H19FN2O2/c1-8(2)16-13(17)7-18-12-5-4-10(14)6-11(12)9(3)15/h4-6,8-9H,7,15H2,1-3H3,(H,16,17)/t9-/m0/s1. The molecular weight excluding hydrogens is 235 g/mol. The molecule has 0 radical (unpaired) electrons. The second-order valence-corrected chi connectivity index (χ2v) is 4.48. The number of carbonyl (C=O) groups excluding carboxylic acids is 1. The lowest BCUT2D eigenvalue weighted by Crippen LogP contribution is -2.34. The molecule has 0 heterocycles. The van der Waals surface area contributed by atoms with Gasteiger partial charge in [0, 0.05) is 17.6 Å². The zero-order valence-corrected chi connectivity index (χ0v) is 10.9. The summed E-state index contributed by atoms with van der Waals surface area (Å²) in [4.78, 5) is 11.4. The minimum atomic E-state index is -0.374. The number of nitrogens with two attached hydrogens (primary N) is 1. The van der Waals surface area contributed by atoms with E-state index in [1.54, 1.807) is 6.92 Å². The van der Waals surface area contributed by atoms with Crippen molar-refractivity contribution in [2.75, 3.05) is 6.61 Å². The van der Waals surface area contributed by atoms with Crippen molar-refractivity contribution in [1.82, 2.24) is 5.32 Å². The molecule has 0 aliphatic heterocycles. The fraction of sp³-hybridized carbons (Fsp3) is 0.462. The lowest BCUT2D eigenvalue weighted by molar-refractivity contribution is -0.123. The van der Waals surface area contributed by atoms with Crippen molar-refractivity contribution < 1.29 is 13.9 Å². The van der Waals surface area contributed by atoms with Crippen LogP contribution in [0.15, 0.2) is 18.2 Å². The average Bonchev–Trinajstić information content (AvgIpc) is 2.26. The number of amides is 1. The summed E-state index contributed by atoms with van der Waals surface area (Å²) in [5.74, 6) is -0.156. The molecule has 3 N–H and O–H groups in total. The van der Waals surface area contributed by atoms with E-state index in [1.807, 2.05) is 13.8 Å². The zero-order chi connectivity index (χ0) is 13.7. The van der Waals surface area contributed by atoms with E-state index in [4.69, 9.17) is 10.5 Å². The van der Waals surface area contributed by atoms with Gasteiger partial charge in [-0.1, -0.05) is 0 Å². The number of nitrogens with one attached hydrogen (secondary N) is 1. The summed E-state index contributed by atoms with van der Waals surface area (Å²) in [7, 11) is 0. The highest BCUT2D eigenvalue weighted by Crippen LogP contribution is 2.24. The quantitative estimate of drug-likeness (QED) is 0.841. The first-order valence-electron chi connectivity index (χ1n) is 5.87. The highest BCUT2D eigenvalue weighted by atomic mass is 19.1. The SMILES string of the molecule is CC(C)NC(=O)COc1ccc(F)cc1[C@H](C)N. The Hall–Kier alpha value is -1.62. The van der Waals surface area contributed by atoms with Gasteiger partial charge in [0.15, 0.2) is 6.61 Å². The van der Waals surface area contributed by atoms with Crippen LogP contribution in [0.25, 0.3) is 0 Å². The molecule has 1 aromatic rings. The summed E-state index contributed by atoms with van der Waals surface area (Å²) >= 11 is 0. The third-order valence-corrected chi connectivity index (χ3v) is 2.27. The molecule has 0 saturated carbocycles. The molecule has 0 bridgehead atoms. The van der Waals surface area contributed by atoms with Gasteiger partial charge in [-0.2, -0.15) is 0 Å². The Morgan fingerprint density at radius 3 is 2.67 bits per heavy atom. The molecule has 1 amide bonds. The van der Waals surface area contributed by atoms with E-state index in [-0.39, 0.29) is 30.4 Å². The number of hydrogen-bond acceptors (Lipinski definition) is 3. The van der Waals surface area contributed by atoms with Crippen molar-refractivity contribution in [3.05, 3.63) is 29.6 Å². The molecule has 0 unspecified atom stereocenters. The Kier molecular flexibility index (Phi) is 5.09. The van der Waals surface area contributed by atoms with Crippen LogP contribution in [0, 0.1) is 5.82 Å². The largest absolute Gasteiger partial charge is 0.483 e. The summed E-state index contributed by atoms with van der Waals surface area (Å²) in [6.45, 7) is 5.35. The van der Waals surface area contributed by atoms with Gasteiger partial charge in [-0.05, 0) is 39.0 Å². The van der Waals surface area contributed by atoms with Crippen LogP contribution in [0.4, 0.5) is 4.39 Å². The second-order valence-electron chi connectivity index (χ2n) is 4.48. The second kappa shape index (κ2) is 6.35. The van der Waals surface area contributed by atoms with Crippen LogP contribution >= 0.6 is 0 Å². The molecule has 100 valence electrons. The lowest BCUT2D eigenvalue weighted by atomic mass is 10.1. The first kappa shape index (κ1) is 14.4. The molecule has 5 heteroatoms. The molecule has 0 aliphatic rings. The Morgan fingerprint density at radius 2 is 2.11 bits per heavy atom. The number of benzene rings is 1. The summed E-state index contributed by atoms with van der Waals surface area (Å²) in [6, 6.07) is 3.78. The van der Waals surface area contributed by atoms with Gasteiger partial charge in [0.05, 0.1) is 0 Å². The van der Waals surface area contributed by atoms with Crippen molar-refractivity contribution in [3.63, 3.8) is 0 Å². The number of carbonyl (C=O) groups is 1. The maximum absolute atomic E-state index is 13.1. The molecule has 0 fully saturated rings. The van der Waals surface area contributed by atoms with Gasteiger partial charge in [-0.25, -0.2) is 4.39 Å². The van der Waals surface area contributed by atoms with Crippen molar-refractivity contribution in [2.24, 2.45) is 5.73 Å². The Balaban J connectivity index is 2.70. The number of rotatable bonds is 5. The van der Waals surface area contributed by atoms with Gasteiger partial charge in [-0.3, -0.25) is 4.79 Å². The van der Waals surface area contributed by atoms with Crippen molar-refractivity contribution in [1.29, 1.82) is 0 Å². The van der Waals surface area contributed by atoms with E-state index < -0.39 is 0 Å². The highest BCUT2D eigenvalue weighted by Gasteiger charge is 2.11. The monoisotopic (exact) mass is 254 g/mol. The molecule has 1 aromatic carbocycles. The molecule has 1 atom stereocenters. The fourth-order valence-electron chi connectivity index (χ4n) is 1.51. The maximum atomic E-state index is 13.1. The molecule has 0 aromatic heterocycles. The van der Waals surface area contributed by atoms with E-state index in [0.717, 1.165) is 0 Å². The highest BCUT2D eigenvalue weighted by molar-refractivity contribution is 5.77. The van der Waals surface area contributed by atoms with E-state index >= 15 is 0 Å². The topological polar surface area (TPSA) is 64.3 Å². The van der Waals surface area contributed by atoms with Crippen LogP contribution in [0.1, 0.15) is 32.4 Å². The van der Waals surface area contributed by atoms with Gasteiger partial charge < -0.3 is 15.8 Å². The molecular formula is C13H19FN2O2. The number of ether oxygens (including phenoxy) is 1. The molecule has 18 heavy (non-hydrogen) atoms. The van der Waals surface area contributed by atoms with Gasteiger partial charge in [-0.15, -0.1) is 0 Å². The first-order valence-corrected chi connectivity index (χ1v) is 5.87. The Bertz CT molecular complexity index is 419. The number of hydrogen-bond donors (Lipinski definition) is 2. The third-order valence-electron chi connectivity index (χ3n) is 2.27. The van der Waals surface area contributed by atoms with E-state index in [0.29, 0.717) is 11.3 Å². The van der Waals surface area contributed by atoms with E-state index in [9.17, 15) is 9.18 Å². The van der Waals surface area contributed by atoms with Crippen molar-refractivity contribution >= 4 is 5.91 Å². The van der Waals surface area contributed by atoms with Crippen LogP contribution in [0.3, 0.4) is 0 Å². The zero-order valence-electron chi connectivity index (χ0n) is 10.9. The van der Waals surface area contributed by atoms with E-state index in [2.05, 4.69) is 5.32 Å². The third kappa shape index (κ3) is 4.33. The maximum Gasteiger partial charge on any atom is 0.258 e. The van der Waals surface area contributed by atoms with Gasteiger partial charge in [0.2, 0.25) is 0 Å². The Labute approximate surface area is 106 Å². The summed E-state index contributed by atoms with van der Waals surface area (Å²) < 4.78 is 18.4. The average molecular weight is 254 g/mol. The van der Waals surface area contributed by atoms with Crippen LogP contribution in [0.2, 0.25) is 0 Å². The predicted molar refractivity (Wildman–Crippen MR) is 67.8 cm³/mol. The molecule has 0 aliphatic carbocycles. The lowest BCUT2D eigenvalue weighted by Gasteiger charge is -2.14. The minimum Gasteiger partial charge on any atom is -0.483 e. The normalized spacial score (nSPS) is 12.3. The first-order chi connectivity index (χ1) is 8.40. The predicted octanol–water partition coefficient (Wildman–Crippen LogP) is 1.75. The fourth-order valence-corrected chi connectivity index (χ4v) is 1.51. The van der Waals surface area contributed by atoms with Gasteiger partial charge in [0.1, 0.15) is 11.6 Å². The van der Waals surface area contributed by atoms with Crippen LogP contribution in [-0.4, -0.2) is 18.6 Å². The molecule has 0 saturated heterocycles. The van der Waals surface area contributed by atoms with Crippen LogP contribution in [0.5, 0.6) is 5.75 Å². The van der Waals surface area contributed by atoms with Crippen LogP contribution in [-0.2, 0) is 4.79 Å². The molecule has 0 spiro atoms. The van der Waals surface area contributed by atoms with Gasteiger partial charge >= 0.3 is 0 Å². The molecule has 4 nitrogen and oxygen atoms in total. The summed E-state index contributed by atoms with van der Waals surface area (Å²) in [5, 5.41) is 2.70. The van der Waals surface area contributed by atoms with Crippen molar-refractivity contribution in [3.8, 4) is 5.75 Å². The minimum absolute atomic E-state index is 0.0576. The van der Waals surface area contributed by atoms with Gasteiger partial charge in [0.25, 0.3) is 5.91 Å². The van der Waals surface area contributed by atoms with Crippen LogP contribution < -0.4 is 15.8 Å². The number of halogens is 1. The Morgan fingerprint density at radius 1 is 1.44 bits per heavy atom. The van der Waals surface area contributed by atoms with E-state index in [1.165, 1.54) is 18.2 Å². The van der Waals surface area contributed by atoms with Crippen molar-refractivity contribution in [2.45, 2.75) is 32.9 Å². The molecule has 1 rings (SSSR count).